The first kappa shape index (κ1) is 23.3. The van der Waals surface area contributed by atoms with Crippen LogP contribution in [0, 0.1) is 0 Å². The predicted molar refractivity (Wildman–Crippen MR) is 115 cm³/mol. The number of ketones is 1. The van der Waals surface area contributed by atoms with Gasteiger partial charge >= 0.3 is 12.1 Å². The molecule has 1 aliphatic carbocycles. The van der Waals surface area contributed by atoms with E-state index in [9.17, 15) is 22.8 Å². The average Bonchev–Trinajstić information content (AvgIpc) is 2.80. The first-order valence-electron chi connectivity index (χ1n) is 10.3. The van der Waals surface area contributed by atoms with Crippen molar-refractivity contribution >= 4 is 20.0 Å². The van der Waals surface area contributed by atoms with Gasteiger partial charge in [0.25, 0.3) is 0 Å². The third kappa shape index (κ3) is 4.49. The van der Waals surface area contributed by atoms with Gasteiger partial charge in [0.15, 0.2) is 5.78 Å². The van der Waals surface area contributed by atoms with Crippen molar-refractivity contribution < 1.29 is 27.2 Å². The SMILES string of the molecule is CC(C)(C)[Si](C)(C)Oc1cccc2c1C1(C=CC(=O)C=C1)CCN(C(=O)C(F)(F)F)C2. The van der Waals surface area contributed by atoms with Crippen molar-refractivity contribution in [2.75, 3.05) is 6.54 Å². The number of amides is 1. The van der Waals surface area contributed by atoms with Gasteiger partial charge in [0.05, 0.1) is 0 Å². The highest BCUT2D eigenvalue weighted by Crippen LogP contribution is 2.46. The topological polar surface area (TPSA) is 46.6 Å². The molecular formula is C23H28F3NO3Si. The molecule has 168 valence electrons. The Kier molecular flexibility index (Phi) is 5.76. The van der Waals surface area contributed by atoms with Crippen molar-refractivity contribution in [1.82, 2.24) is 4.90 Å². The van der Waals surface area contributed by atoms with E-state index in [0.717, 1.165) is 10.5 Å². The standard InChI is InChI=1S/C23H28F3NO3Si/c1-21(2,3)31(4,5)30-18-8-6-7-16-15-27(20(29)23(24,25)26)14-13-22(19(16)18)11-9-17(28)10-12-22/h6-12H,13-15H2,1-5H3. The van der Waals surface area contributed by atoms with Crippen LogP contribution in [0.4, 0.5) is 13.2 Å². The Hall–Kier alpha value is -2.35. The Labute approximate surface area is 181 Å². The van der Waals surface area contributed by atoms with Crippen LogP contribution in [0.25, 0.3) is 0 Å². The maximum Gasteiger partial charge on any atom is 0.471 e. The van der Waals surface area contributed by atoms with E-state index >= 15 is 0 Å². The molecule has 0 bridgehead atoms. The van der Waals surface area contributed by atoms with Gasteiger partial charge in [0.2, 0.25) is 8.32 Å². The Bertz CT molecular complexity index is 942. The molecule has 2 aliphatic rings. The monoisotopic (exact) mass is 451 g/mol. The summed E-state index contributed by atoms with van der Waals surface area (Å²) in [4.78, 5) is 24.7. The summed E-state index contributed by atoms with van der Waals surface area (Å²) in [6, 6.07) is 5.31. The predicted octanol–water partition coefficient (Wildman–Crippen LogP) is 5.30. The molecule has 0 N–H and O–H groups in total. The minimum atomic E-state index is -4.94. The lowest BCUT2D eigenvalue weighted by Gasteiger charge is -2.39. The van der Waals surface area contributed by atoms with Gasteiger partial charge in [-0.15, -0.1) is 0 Å². The number of nitrogens with zero attached hydrogens (tertiary/aromatic N) is 1. The number of halogens is 3. The van der Waals surface area contributed by atoms with Crippen LogP contribution in [0.1, 0.15) is 38.3 Å². The van der Waals surface area contributed by atoms with Gasteiger partial charge in [-0.2, -0.15) is 13.2 Å². The van der Waals surface area contributed by atoms with Crippen LogP contribution in [0.15, 0.2) is 42.5 Å². The summed E-state index contributed by atoms with van der Waals surface area (Å²) in [6.07, 6.45) is 1.62. The van der Waals surface area contributed by atoms with Gasteiger partial charge in [0.1, 0.15) is 5.75 Å². The molecule has 0 aromatic heterocycles. The maximum absolute atomic E-state index is 13.2. The molecule has 1 aromatic carbocycles. The highest BCUT2D eigenvalue weighted by atomic mass is 28.4. The molecule has 1 aliphatic heterocycles. The lowest BCUT2D eigenvalue weighted by atomic mass is 9.73. The van der Waals surface area contributed by atoms with E-state index in [2.05, 4.69) is 33.9 Å². The van der Waals surface area contributed by atoms with Crippen LogP contribution < -0.4 is 4.43 Å². The van der Waals surface area contributed by atoms with Crippen molar-refractivity contribution in [2.45, 2.75) is 63.5 Å². The van der Waals surface area contributed by atoms with Gasteiger partial charge in [-0.05, 0) is 48.3 Å². The maximum atomic E-state index is 13.2. The Morgan fingerprint density at radius 3 is 2.29 bits per heavy atom. The number of benzene rings is 1. The van der Waals surface area contributed by atoms with Crippen LogP contribution in [0.3, 0.4) is 0 Å². The molecule has 3 rings (SSSR count). The summed E-state index contributed by atoms with van der Waals surface area (Å²) >= 11 is 0. The van der Waals surface area contributed by atoms with Crippen molar-refractivity contribution in [3.05, 3.63) is 53.6 Å². The van der Waals surface area contributed by atoms with E-state index in [1.54, 1.807) is 24.3 Å². The molecule has 0 unspecified atom stereocenters. The molecule has 31 heavy (non-hydrogen) atoms. The van der Waals surface area contributed by atoms with Gasteiger partial charge in [-0.25, -0.2) is 0 Å². The zero-order valence-corrected chi connectivity index (χ0v) is 19.5. The van der Waals surface area contributed by atoms with Crippen molar-refractivity contribution in [1.29, 1.82) is 0 Å². The van der Waals surface area contributed by atoms with E-state index in [1.165, 1.54) is 12.2 Å². The summed E-state index contributed by atoms with van der Waals surface area (Å²) in [5.74, 6) is -1.43. The number of fused-ring (bicyclic) bond motifs is 2. The number of alkyl halides is 3. The van der Waals surface area contributed by atoms with Crippen LogP contribution in [-0.4, -0.2) is 37.6 Å². The smallest absolute Gasteiger partial charge is 0.471 e. The number of hydrogen-bond donors (Lipinski definition) is 0. The highest BCUT2D eigenvalue weighted by molar-refractivity contribution is 6.74. The minimum absolute atomic E-state index is 0.0832. The molecular weight excluding hydrogens is 423 g/mol. The fourth-order valence-electron chi connectivity index (χ4n) is 3.74. The number of rotatable bonds is 2. The van der Waals surface area contributed by atoms with E-state index in [-0.39, 0.29) is 30.3 Å². The number of hydrogen-bond acceptors (Lipinski definition) is 3. The number of carbonyl (C=O) groups excluding carboxylic acids is 2. The summed E-state index contributed by atoms with van der Waals surface area (Å²) in [7, 11) is -2.26. The summed E-state index contributed by atoms with van der Waals surface area (Å²) in [5, 5.41) is -0.0832. The fourth-order valence-corrected chi connectivity index (χ4v) is 4.76. The lowest BCUT2D eigenvalue weighted by Crippen LogP contribution is -2.44. The Morgan fingerprint density at radius 2 is 1.74 bits per heavy atom. The Balaban J connectivity index is 2.16. The summed E-state index contributed by atoms with van der Waals surface area (Å²) in [6.45, 7) is 10.3. The molecule has 4 nitrogen and oxygen atoms in total. The van der Waals surface area contributed by atoms with Crippen molar-refractivity contribution in [2.24, 2.45) is 0 Å². The van der Waals surface area contributed by atoms with E-state index in [0.29, 0.717) is 11.3 Å². The molecule has 0 radical (unpaired) electrons. The van der Waals surface area contributed by atoms with Crippen LogP contribution in [0.5, 0.6) is 5.75 Å². The van der Waals surface area contributed by atoms with Gasteiger partial charge in [-0.3, -0.25) is 9.59 Å². The van der Waals surface area contributed by atoms with Gasteiger partial charge in [0, 0.05) is 24.1 Å². The van der Waals surface area contributed by atoms with E-state index in [1.807, 2.05) is 6.07 Å². The largest absolute Gasteiger partial charge is 0.543 e. The third-order valence-corrected chi connectivity index (χ3v) is 10.9. The van der Waals surface area contributed by atoms with Crippen molar-refractivity contribution in [3.8, 4) is 5.75 Å². The zero-order chi connectivity index (χ0) is 23.2. The van der Waals surface area contributed by atoms with Crippen LogP contribution in [0.2, 0.25) is 18.1 Å². The molecule has 1 aromatic rings. The first-order chi connectivity index (χ1) is 14.2. The molecule has 0 saturated heterocycles. The first-order valence-corrected chi connectivity index (χ1v) is 13.2. The quantitative estimate of drug-likeness (QED) is 0.574. The molecule has 0 saturated carbocycles. The summed E-state index contributed by atoms with van der Waals surface area (Å²) in [5.41, 5.74) is 0.510. The van der Waals surface area contributed by atoms with Crippen molar-refractivity contribution in [3.63, 3.8) is 0 Å². The van der Waals surface area contributed by atoms with Gasteiger partial charge < -0.3 is 9.33 Å². The normalized spacial score (nSPS) is 18.7. The second-order valence-electron chi connectivity index (χ2n) is 9.74. The van der Waals surface area contributed by atoms with Crippen LogP contribution >= 0.6 is 0 Å². The zero-order valence-electron chi connectivity index (χ0n) is 18.5. The number of carbonyl (C=O) groups is 2. The molecule has 1 heterocycles. The fraction of sp³-hybridized carbons (Fsp3) is 0.478. The molecule has 0 fully saturated rings. The van der Waals surface area contributed by atoms with Gasteiger partial charge in [-0.1, -0.05) is 45.1 Å². The lowest BCUT2D eigenvalue weighted by molar-refractivity contribution is -0.186. The molecule has 8 heteroatoms. The van der Waals surface area contributed by atoms with E-state index in [4.69, 9.17) is 4.43 Å². The van der Waals surface area contributed by atoms with Crippen LogP contribution in [-0.2, 0) is 21.5 Å². The number of allylic oxidation sites excluding steroid dienone is 4. The summed E-state index contributed by atoms with van der Waals surface area (Å²) < 4.78 is 46.1. The Morgan fingerprint density at radius 1 is 1.13 bits per heavy atom. The minimum Gasteiger partial charge on any atom is -0.543 e. The second-order valence-corrected chi connectivity index (χ2v) is 14.5. The molecule has 0 atom stereocenters. The highest BCUT2D eigenvalue weighted by Gasteiger charge is 2.46. The average molecular weight is 452 g/mol. The third-order valence-electron chi connectivity index (χ3n) is 6.53. The van der Waals surface area contributed by atoms with E-state index < -0.39 is 25.8 Å². The second kappa shape index (κ2) is 7.65. The molecule has 1 amide bonds. The molecule has 1 spiro atoms.